The first-order valence-electron chi connectivity index (χ1n) is 9.49. The molecule has 0 aromatic carbocycles. The number of hydrogen-bond donors (Lipinski definition) is 0. The molecule has 0 unspecified atom stereocenters. The van der Waals surface area contributed by atoms with Crippen LogP contribution in [0.3, 0.4) is 0 Å². The van der Waals surface area contributed by atoms with Crippen molar-refractivity contribution in [2.75, 3.05) is 11.4 Å². The van der Waals surface area contributed by atoms with Crippen molar-refractivity contribution in [1.82, 2.24) is 29.4 Å². The smallest absolute Gasteiger partial charge is 0.350 e. The summed E-state index contributed by atoms with van der Waals surface area (Å²) in [6.45, 7) is 4.72. The van der Waals surface area contributed by atoms with E-state index in [2.05, 4.69) is 26.3 Å². The Labute approximate surface area is 169 Å². The number of anilines is 1. The summed E-state index contributed by atoms with van der Waals surface area (Å²) in [6.07, 6.45) is 1.78. The fourth-order valence-electron chi connectivity index (χ4n) is 3.83. The maximum absolute atomic E-state index is 13.3. The monoisotopic (exact) mass is 413 g/mol. The molecular weight excluding hydrogens is 395 g/mol. The summed E-state index contributed by atoms with van der Waals surface area (Å²) in [5.74, 6) is -0.613. The van der Waals surface area contributed by atoms with Gasteiger partial charge in [-0.25, -0.2) is 0 Å². The minimum absolute atomic E-state index is 0.123. The van der Waals surface area contributed by atoms with Crippen molar-refractivity contribution in [3.05, 3.63) is 65.0 Å². The van der Waals surface area contributed by atoms with Gasteiger partial charge in [0.25, 0.3) is 5.82 Å². The van der Waals surface area contributed by atoms with E-state index in [1.165, 1.54) is 0 Å². The maximum atomic E-state index is 13.3. The summed E-state index contributed by atoms with van der Waals surface area (Å²) in [4.78, 5) is 6.58. The van der Waals surface area contributed by atoms with Gasteiger partial charge in [0.1, 0.15) is 0 Å². The second kappa shape index (κ2) is 6.54. The van der Waals surface area contributed by atoms with Crippen LogP contribution in [0.2, 0.25) is 0 Å². The SMILES string of the molecule is Cc1c(N2CCc3ncc(-n4cccc4)cc3C2)nn2c(C(F)(F)F)nnc2c1C. The van der Waals surface area contributed by atoms with Crippen LogP contribution in [0.1, 0.15) is 28.2 Å². The molecule has 0 fully saturated rings. The molecular formula is C20H18F3N7. The van der Waals surface area contributed by atoms with Gasteiger partial charge in [-0.1, -0.05) is 0 Å². The number of alkyl halides is 3. The van der Waals surface area contributed by atoms with Crippen LogP contribution in [-0.4, -0.2) is 35.9 Å². The first-order chi connectivity index (χ1) is 14.3. The predicted octanol–water partition coefficient (Wildman–Crippen LogP) is 3.51. The molecule has 7 nitrogen and oxygen atoms in total. The largest absolute Gasteiger partial charge is 0.453 e. The van der Waals surface area contributed by atoms with Crippen molar-refractivity contribution in [2.24, 2.45) is 0 Å². The number of halogens is 3. The van der Waals surface area contributed by atoms with E-state index in [0.29, 0.717) is 30.9 Å². The zero-order valence-corrected chi connectivity index (χ0v) is 16.3. The van der Waals surface area contributed by atoms with E-state index in [0.717, 1.165) is 27.0 Å². The highest BCUT2D eigenvalue weighted by Gasteiger charge is 2.38. The van der Waals surface area contributed by atoms with E-state index >= 15 is 0 Å². The van der Waals surface area contributed by atoms with Crippen molar-refractivity contribution in [2.45, 2.75) is 33.0 Å². The standard InChI is InChI=1S/C20H18F3N7/c1-12-13(2)18(27-30-17(12)25-26-19(30)20(21,22)23)29-8-5-16-14(11-29)9-15(10-24-16)28-6-3-4-7-28/h3-4,6-7,9-10H,5,8,11H2,1-2H3. The first-order valence-corrected chi connectivity index (χ1v) is 9.49. The zero-order valence-electron chi connectivity index (χ0n) is 16.3. The summed E-state index contributed by atoms with van der Waals surface area (Å²) in [5.41, 5.74) is 4.52. The summed E-state index contributed by atoms with van der Waals surface area (Å²) in [6, 6.07) is 5.94. The number of fused-ring (bicyclic) bond motifs is 2. The molecule has 0 N–H and O–H groups in total. The van der Waals surface area contributed by atoms with Gasteiger partial charge in [-0.15, -0.1) is 15.3 Å². The van der Waals surface area contributed by atoms with Crippen molar-refractivity contribution in [3.63, 3.8) is 0 Å². The van der Waals surface area contributed by atoms with Gasteiger partial charge in [-0.05, 0) is 37.6 Å². The number of rotatable bonds is 2. The Bertz CT molecular complexity index is 1240. The van der Waals surface area contributed by atoms with Gasteiger partial charge < -0.3 is 9.47 Å². The van der Waals surface area contributed by atoms with Crippen LogP contribution in [-0.2, 0) is 19.1 Å². The number of aryl methyl sites for hydroxylation is 1. The highest BCUT2D eigenvalue weighted by Crippen LogP contribution is 2.32. The van der Waals surface area contributed by atoms with Crippen molar-refractivity contribution >= 4 is 11.5 Å². The molecule has 0 radical (unpaired) electrons. The second-order valence-electron chi connectivity index (χ2n) is 7.39. The van der Waals surface area contributed by atoms with Crippen LogP contribution in [0.25, 0.3) is 11.3 Å². The third-order valence-electron chi connectivity index (χ3n) is 5.55. The van der Waals surface area contributed by atoms with Gasteiger partial charge >= 0.3 is 6.18 Å². The van der Waals surface area contributed by atoms with Crippen LogP contribution < -0.4 is 4.90 Å². The summed E-state index contributed by atoms with van der Waals surface area (Å²) >= 11 is 0. The number of pyridine rings is 1. The quantitative estimate of drug-likeness (QED) is 0.503. The van der Waals surface area contributed by atoms with Crippen LogP contribution in [0, 0.1) is 13.8 Å². The molecule has 4 aromatic rings. The summed E-state index contributed by atoms with van der Waals surface area (Å²) < 4.78 is 42.8. The Morgan fingerprint density at radius 1 is 1.03 bits per heavy atom. The zero-order chi connectivity index (χ0) is 21.0. The fraction of sp³-hybridized carbons (Fsp3) is 0.300. The molecule has 154 valence electrons. The first kappa shape index (κ1) is 18.6. The molecule has 5 rings (SSSR count). The molecule has 0 bridgehead atoms. The maximum Gasteiger partial charge on any atom is 0.453 e. The molecule has 5 heterocycles. The lowest BCUT2D eigenvalue weighted by molar-refractivity contribution is -0.146. The van der Waals surface area contributed by atoms with E-state index in [4.69, 9.17) is 0 Å². The summed E-state index contributed by atoms with van der Waals surface area (Å²) in [5, 5.41) is 11.3. The molecule has 4 aromatic heterocycles. The molecule has 0 aliphatic carbocycles. The molecule has 30 heavy (non-hydrogen) atoms. The lowest BCUT2D eigenvalue weighted by Crippen LogP contribution is -2.33. The van der Waals surface area contributed by atoms with Crippen LogP contribution in [0.15, 0.2) is 36.8 Å². The van der Waals surface area contributed by atoms with Crippen molar-refractivity contribution in [1.29, 1.82) is 0 Å². The molecule has 1 aliphatic heterocycles. The number of hydrogen-bond acceptors (Lipinski definition) is 5. The summed E-state index contributed by atoms with van der Waals surface area (Å²) in [7, 11) is 0. The van der Waals surface area contributed by atoms with Gasteiger partial charge in [0, 0.05) is 48.7 Å². The number of nitrogens with zero attached hydrogens (tertiary/aromatic N) is 7. The lowest BCUT2D eigenvalue weighted by atomic mass is 10.0. The highest BCUT2D eigenvalue weighted by atomic mass is 19.4. The molecule has 0 spiro atoms. The van der Waals surface area contributed by atoms with Gasteiger partial charge in [-0.3, -0.25) is 4.98 Å². The fourth-order valence-corrected chi connectivity index (χ4v) is 3.83. The molecule has 0 atom stereocenters. The second-order valence-corrected chi connectivity index (χ2v) is 7.39. The normalized spacial score (nSPS) is 14.4. The van der Waals surface area contributed by atoms with Crippen LogP contribution in [0.5, 0.6) is 0 Å². The topological polar surface area (TPSA) is 64.1 Å². The molecule has 0 saturated heterocycles. The van der Waals surface area contributed by atoms with Gasteiger partial charge in [0.15, 0.2) is 11.5 Å². The Hall–Kier alpha value is -3.43. The van der Waals surface area contributed by atoms with E-state index in [-0.39, 0.29) is 5.65 Å². The molecule has 10 heteroatoms. The van der Waals surface area contributed by atoms with E-state index in [9.17, 15) is 13.2 Å². The third-order valence-corrected chi connectivity index (χ3v) is 5.55. The highest BCUT2D eigenvalue weighted by molar-refractivity contribution is 5.60. The molecule has 0 saturated carbocycles. The number of aromatic nitrogens is 6. The Balaban J connectivity index is 1.57. The predicted molar refractivity (Wildman–Crippen MR) is 104 cm³/mol. The average Bonchev–Trinajstić information content (AvgIpc) is 3.39. The van der Waals surface area contributed by atoms with Gasteiger partial charge in [-0.2, -0.15) is 17.7 Å². The van der Waals surface area contributed by atoms with Crippen molar-refractivity contribution < 1.29 is 13.2 Å². The van der Waals surface area contributed by atoms with E-state index in [1.54, 1.807) is 6.92 Å². The van der Waals surface area contributed by atoms with E-state index < -0.39 is 12.0 Å². The van der Waals surface area contributed by atoms with E-state index in [1.807, 2.05) is 47.1 Å². The van der Waals surface area contributed by atoms with Crippen molar-refractivity contribution in [3.8, 4) is 5.69 Å². The average molecular weight is 413 g/mol. The Morgan fingerprint density at radius 3 is 2.53 bits per heavy atom. The van der Waals surface area contributed by atoms with Crippen LogP contribution >= 0.6 is 0 Å². The molecule has 1 aliphatic rings. The van der Waals surface area contributed by atoms with Gasteiger partial charge in [0.05, 0.1) is 11.9 Å². The lowest BCUT2D eigenvalue weighted by Gasteiger charge is -2.31. The van der Waals surface area contributed by atoms with Crippen LogP contribution in [0.4, 0.5) is 19.0 Å². The molecule has 0 amide bonds. The Morgan fingerprint density at radius 2 is 1.80 bits per heavy atom. The Kier molecular flexibility index (Phi) is 4.05. The minimum Gasteiger partial charge on any atom is -0.350 e. The minimum atomic E-state index is -4.63. The van der Waals surface area contributed by atoms with Gasteiger partial charge in [0.2, 0.25) is 0 Å². The third kappa shape index (κ3) is 2.90.